The first kappa shape index (κ1) is 40.4. The first-order valence-corrected chi connectivity index (χ1v) is 15.6. The van der Waals surface area contributed by atoms with Gasteiger partial charge in [0.2, 0.25) is 12.4 Å². The van der Waals surface area contributed by atoms with Crippen molar-refractivity contribution in [2.75, 3.05) is 18.9 Å². The van der Waals surface area contributed by atoms with Crippen molar-refractivity contribution in [1.29, 1.82) is 0 Å². The molecular weight excluding hydrogens is 686 g/mol. The highest BCUT2D eigenvalue weighted by Gasteiger charge is 2.58. The molecule has 2 heterocycles. The van der Waals surface area contributed by atoms with Gasteiger partial charge in [0, 0.05) is 54.2 Å². The molecule has 0 amide bonds. The van der Waals surface area contributed by atoms with Gasteiger partial charge < -0.3 is 57.8 Å². The third-order valence-corrected chi connectivity index (χ3v) is 7.02. The van der Waals surface area contributed by atoms with Crippen LogP contribution in [0, 0.1) is 0 Å². The lowest BCUT2D eigenvalue weighted by molar-refractivity contribution is -0.354. The summed E-state index contributed by atoms with van der Waals surface area (Å²) in [5.74, 6) is -5.71. The van der Waals surface area contributed by atoms with Gasteiger partial charge in [-0.3, -0.25) is 33.6 Å². The minimum atomic E-state index is -1.80. The van der Waals surface area contributed by atoms with E-state index in [1.54, 1.807) is 0 Å². The van der Waals surface area contributed by atoms with Crippen LogP contribution in [-0.2, 0) is 80.9 Å². The summed E-state index contributed by atoms with van der Waals surface area (Å²) < 4.78 is 62.3. The van der Waals surface area contributed by atoms with Crippen LogP contribution in [0.1, 0.15) is 48.5 Å². The van der Waals surface area contributed by atoms with Gasteiger partial charge in [-0.05, 0) is 24.3 Å². The van der Waals surface area contributed by atoms with Crippen LogP contribution in [0.2, 0.25) is 0 Å². The van der Waals surface area contributed by atoms with E-state index >= 15 is 0 Å². The van der Waals surface area contributed by atoms with Crippen molar-refractivity contribution in [3.8, 4) is 5.75 Å². The summed E-state index contributed by atoms with van der Waals surface area (Å²) >= 11 is 0. The van der Waals surface area contributed by atoms with Gasteiger partial charge in [0.1, 0.15) is 37.3 Å². The van der Waals surface area contributed by atoms with Gasteiger partial charge in [-0.25, -0.2) is 0 Å². The molecule has 2 saturated heterocycles. The zero-order chi connectivity index (χ0) is 38.0. The highest BCUT2D eigenvalue weighted by molar-refractivity contribution is 5.69. The third kappa shape index (κ3) is 12.1. The fraction of sp³-hybridized carbons (Fsp3) is 0.594. The van der Waals surface area contributed by atoms with E-state index in [4.69, 9.17) is 57.8 Å². The first-order valence-electron chi connectivity index (χ1n) is 15.6. The monoisotopic (exact) mass is 727 g/mol. The standard InChI is InChI=1S/C32H41NO18/c1-14(34)41-12-23-25(43-16(3)36)27(44-17(4)37)30(47-20(7)40)32(50-23)51-26-24(13-42-15(2)35)49-31(48-22-10-8-21(33)9-11-22)29(46-19(6)39)28(26)45-18(5)38/h8-11,23-32H,12-13,33H2,1-7H3/t23-,24-,25+,26-,27+,28+,29-,30-,31-,32+/m1/s1. The Morgan fingerprint density at radius 3 is 1.33 bits per heavy atom. The number of carbonyl (C=O) groups excluding carboxylic acids is 7. The fourth-order valence-corrected chi connectivity index (χ4v) is 5.25. The Labute approximate surface area is 292 Å². The Morgan fingerprint density at radius 2 is 0.882 bits per heavy atom. The lowest BCUT2D eigenvalue weighted by Gasteiger charge is -2.48. The van der Waals surface area contributed by atoms with Gasteiger partial charge in [-0.15, -0.1) is 0 Å². The van der Waals surface area contributed by atoms with Crippen molar-refractivity contribution >= 4 is 47.5 Å². The quantitative estimate of drug-likeness (QED) is 0.163. The molecule has 19 heteroatoms. The van der Waals surface area contributed by atoms with Crippen molar-refractivity contribution in [2.45, 2.75) is 110 Å². The molecule has 2 fully saturated rings. The van der Waals surface area contributed by atoms with Crippen molar-refractivity contribution in [1.82, 2.24) is 0 Å². The molecule has 10 atom stereocenters. The molecule has 0 aromatic heterocycles. The molecule has 51 heavy (non-hydrogen) atoms. The van der Waals surface area contributed by atoms with Crippen LogP contribution in [0.25, 0.3) is 0 Å². The van der Waals surface area contributed by atoms with Crippen LogP contribution in [-0.4, -0.2) is 116 Å². The highest BCUT2D eigenvalue weighted by atomic mass is 16.8. The van der Waals surface area contributed by atoms with Crippen molar-refractivity contribution < 1.29 is 85.7 Å². The van der Waals surface area contributed by atoms with Gasteiger partial charge >= 0.3 is 41.8 Å². The van der Waals surface area contributed by atoms with E-state index in [-0.39, 0.29) is 5.75 Å². The van der Waals surface area contributed by atoms with E-state index < -0.39 is 116 Å². The van der Waals surface area contributed by atoms with E-state index in [2.05, 4.69) is 0 Å². The Bertz CT molecular complexity index is 1430. The van der Waals surface area contributed by atoms with E-state index in [1.165, 1.54) is 24.3 Å². The van der Waals surface area contributed by atoms with Crippen LogP contribution in [0.5, 0.6) is 5.75 Å². The number of hydrogen-bond acceptors (Lipinski definition) is 19. The van der Waals surface area contributed by atoms with Gasteiger partial charge in [0.15, 0.2) is 30.7 Å². The fourth-order valence-electron chi connectivity index (χ4n) is 5.25. The first-order chi connectivity index (χ1) is 23.9. The van der Waals surface area contributed by atoms with Gasteiger partial charge in [0.05, 0.1) is 0 Å². The summed E-state index contributed by atoms with van der Waals surface area (Å²) in [4.78, 5) is 85.4. The van der Waals surface area contributed by atoms with Crippen molar-refractivity contribution in [3.05, 3.63) is 24.3 Å². The van der Waals surface area contributed by atoms with E-state index in [0.29, 0.717) is 5.69 Å². The van der Waals surface area contributed by atoms with Crippen LogP contribution in [0.3, 0.4) is 0 Å². The summed E-state index contributed by atoms with van der Waals surface area (Å²) in [7, 11) is 0. The van der Waals surface area contributed by atoms with E-state index in [1.807, 2.05) is 0 Å². The minimum Gasteiger partial charge on any atom is -0.463 e. The molecule has 0 spiro atoms. The largest absolute Gasteiger partial charge is 0.463 e. The van der Waals surface area contributed by atoms with Crippen LogP contribution in [0.4, 0.5) is 5.69 Å². The number of hydrogen-bond donors (Lipinski definition) is 1. The molecule has 0 bridgehead atoms. The molecule has 0 unspecified atom stereocenters. The Hall–Kier alpha value is -5.01. The van der Waals surface area contributed by atoms with Gasteiger partial charge in [0.25, 0.3) is 0 Å². The molecule has 0 aliphatic carbocycles. The summed E-state index contributed by atoms with van der Waals surface area (Å²) in [5.41, 5.74) is 6.19. The molecule has 3 rings (SSSR count). The summed E-state index contributed by atoms with van der Waals surface area (Å²) in [6.45, 7) is 6.33. The topological polar surface area (TPSA) is 247 Å². The Kier molecular flexibility index (Phi) is 14.5. The molecule has 2 aliphatic rings. The smallest absolute Gasteiger partial charge is 0.303 e. The molecule has 2 N–H and O–H groups in total. The number of carbonyl (C=O) groups is 7. The number of ether oxygens (including phenoxy) is 11. The second-order valence-electron chi connectivity index (χ2n) is 11.3. The number of anilines is 1. The normalized spacial score (nSPS) is 28.6. The Morgan fingerprint density at radius 1 is 0.510 bits per heavy atom. The maximum Gasteiger partial charge on any atom is 0.303 e. The second-order valence-corrected chi connectivity index (χ2v) is 11.3. The van der Waals surface area contributed by atoms with Gasteiger partial charge in [-0.2, -0.15) is 0 Å². The number of nitrogen functional groups attached to an aromatic ring is 1. The van der Waals surface area contributed by atoms with Crippen LogP contribution < -0.4 is 10.5 Å². The lowest BCUT2D eigenvalue weighted by atomic mass is 9.96. The van der Waals surface area contributed by atoms with Crippen molar-refractivity contribution in [3.63, 3.8) is 0 Å². The predicted octanol–water partition coefficient (Wildman–Crippen LogP) is 0.267. The zero-order valence-electron chi connectivity index (χ0n) is 28.9. The van der Waals surface area contributed by atoms with Crippen LogP contribution >= 0.6 is 0 Å². The van der Waals surface area contributed by atoms with Crippen LogP contribution in [0.15, 0.2) is 24.3 Å². The molecular formula is C32H41NO18. The number of nitrogens with two attached hydrogens (primary N) is 1. The maximum absolute atomic E-state index is 12.5. The molecule has 0 saturated carbocycles. The summed E-state index contributed by atoms with van der Waals surface area (Å²) in [5, 5.41) is 0. The number of benzene rings is 1. The molecule has 282 valence electrons. The summed E-state index contributed by atoms with van der Waals surface area (Å²) in [6.07, 6.45) is -15.7. The van der Waals surface area contributed by atoms with Gasteiger partial charge in [-0.1, -0.05) is 0 Å². The second kappa shape index (κ2) is 18.3. The lowest BCUT2D eigenvalue weighted by Crippen LogP contribution is -2.67. The average molecular weight is 728 g/mol. The molecule has 2 aliphatic heterocycles. The highest BCUT2D eigenvalue weighted by Crippen LogP contribution is 2.36. The predicted molar refractivity (Wildman–Crippen MR) is 165 cm³/mol. The zero-order valence-corrected chi connectivity index (χ0v) is 28.9. The average Bonchev–Trinajstić information content (AvgIpc) is 3.00. The van der Waals surface area contributed by atoms with E-state index in [9.17, 15) is 33.6 Å². The van der Waals surface area contributed by atoms with E-state index in [0.717, 1.165) is 48.5 Å². The molecule has 0 radical (unpaired) electrons. The summed E-state index contributed by atoms with van der Waals surface area (Å²) in [6, 6.07) is 6.03. The molecule has 1 aromatic carbocycles. The third-order valence-electron chi connectivity index (χ3n) is 7.02. The molecule has 19 nitrogen and oxygen atoms in total. The number of esters is 7. The molecule has 1 aromatic rings. The van der Waals surface area contributed by atoms with Crippen molar-refractivity contribution in [2.24, 2.45) is 0 Å². The maximum atomic E-state index is 12.5. The Balaban J connectivity index is 2.16. The number of rotatable bonds is 13. The SMILES string of the molecule is CC(=O)OC[C@H]1O[C@@H](O[C@H]2[C@H](OC(C)=O)[C@@H](OC(C)=O)[C@H](Oc3ccc(N)cc3)O[C@@H]2COC(C)=O)[C@H](OC(C)=O)[C@@H](OC(C)=O)[C@H]1OC(C)=O. The minimum absolute atomic E-state index is 0.193.